The minimum atomic E-state index is -0.183. The number of nitrogens with one attached hydrogen (secondary N) is 1. The number of nitrogen functional groups attached to an aromatic ring is 1. The Morgan fingerprint density at radius 3 is 2.47 bits per heavy atom. The number of carbonyl (C=O) groups excluding carboxylic acids is 2. The summed E-state index contributed by atoms with van der Waals surface area (Å²) >= 11 is 0. The van der Waals surface area contributed by atoms with Crippen LogP contribution in [0.4, 0.5) is 5.69 Å². The molecule has 0 spiro atoms. The molecule has 0 radical (unpaired) electrons. The zero-order valence-electron chi connectivity index (χ0n) is 17.3. The summed E-state index contributed by atoms with van der Waals surface area (Å²) in [6, 6.07) is 10.8. The van der Waals surface area contributed by atoms with Gasteiger partial charge < -0.3 is 25.4 Å². The van der Waals surface area contributed by atoms with Gasteiger partial charge in [-0.2, -0.15) is 0 Å². The minimum Gasteiger partial charge on any atom is -0.493 e. The molecule has 0 unspecified atom stereocenters. The first-order valence-corrected chi connectivity index (χ1v) is 9.67. The van der Waals surface area contributed by atoms with Crippen molar-refractivity contribution in [1.82, 2.24) is 10.2 Å². The third-order valence-corrected chi connectivity index (χ3v) is 5.07. The molecule has 2 aromatic rings. The molecule has 0 saturated heterocycles. The minimum absolute atomic E-state index is 0. The van der Waals surface area contributed by atoms with E-state index in [9.17, 15) is 9.59 Å². The molecule has 1 aliphatic rings. The Labute approximate surface area is 182 Å². The Morgan fingerprint density at radius 1 is 1.10 bits per heavy atom. The van der Waals surface area contributed by atoms with Gasteiger partial charge >= 0.3 is 0 Å². The lowest BCUT2D eigenvalue weighted by Crippen LogP contribution is -2.36. The summed E-state index contributed by atoms with van der Waals surface area (Å²) in [4.78, 5) is 26.5. The number of methoxy groups -OCH3 is 2. The summed E-state index contributed by atoms with van der Waals surface area (Å²) in [6.07, 6.45) is 1.76. The number of fused-ring (bicyclic) bond motifs is 1. The smallest absolute Gasteiger partial charge is 0.251 e. The largest absolute Gasteiger partial charge is 0.493 e. The van der Waals surface area contributed by atoms with Gasteiger partial charge in [-0.15, -0.1) is 12.4 Å². The van der Waals surface area contributed by atoms with Crippen LogP contribution in [0.5, 0.6) is 11.5 Å². The van der Waals surface area contributed by atoms with E-state index < -0.39 is 0 Å². The van der Waals surface area contributed by atoms with E-state index in [2.05, 4.69) is 5.32 Å². The highest BCUT2D eigenvalue weighted by molar-refractivity contribution is 5.95. The van der Waals surface area contributed by atoms with E-state index >= 15 is 0 Å². The molecule has 0 saturated carbocycles. The van der Waals surface area contributed by atoms with Crippen molar-refractivity contribution < 1.29 is 19.1 Å². The van der Waals surface area contributed by atoms with Crippen LogP contribution in [0.15, 0.2) is 36.4 Å². The fourth-order valence-electron chi connectivity index (χ4n) is 3.48. The molecule has 8 heteroatoms. The SMILES string of the molecule is COc1cc2c(cc1OC)CN(C(=O)CCCNC(=O)c1cccc(N)c1)CC2.Cl. The number of halogens is 1. The highest BCUT2D eigenvalue weighted by Gasteiger charge is 2.22. The number of carbonyl (C=O) groups is 2. The van der Waals surface area contributed by atoms with Gasteiger partial charge in [0.25, 0.3) is 5.91 Å². The highest BCUT2D eigenvalue weighted by Crippen LogP contribution is 2.33. The summed E-state index contributed by atoms with van der Waals surface area (Å²) in [5.41, 5.74) is 9.03. The first-order valence-electron chi connectivity index (χ1n) is 9.67. The van der Waals surface area contributed by atoms with Gasteiger partial charge in [0.2, 0.25) is 5.91 Å². The predicted octanol–water partition coefficient (Wildman–Crippen LogP) is 2.80. The summed E-state index contributed by atoms with van der Waals surface area (Å²) < 4.78 is 10.7. The number of hydrogen-bond donors (Lipinski definition) is 2. The van der Waals surface area contributed by atoms with Gasteiger partial charge in [-0.05, 0) is 54.3 Å². The van der Waals surface area contributed by atoms with Crippen LogP contribution < -0.4 is 20.5 Å². The molecule has 0 aliphatic carbocycles. The average Bonchev–Trinajstić information content (AvgIpc) is 2.74. The summed E-state index contributed by atoms with van der Waals surface area (Å²) in [5.74, 6) is 1.29. The second-order valence-electron chi connectivity index (χ2n) is 7.03. The number of nitrogens with zero attached hydrogens (tertiary/aromatic N) is 1. The number of nitrogens with two attached hydrogens (primary N) is 1. The van der Waals surface area contributed by atoms with Crippen LogP contribution >= 0.6 is 12.4 Å². The van der Waals surface area contributed by atoms with Crippen molar-refractivity contribution in [2.45, 2.75) is 25.8 Å². The second-order valence-corrected chi connectivity index (χ2v) is 7.03. The fraction of sp³-hybridized carbons (Fsp3) is 0.364. The molecule has 0 atom stereocenters. The van der Waals surface area contributed by atoms with Crippen LogP contribution in [0.1, 0.15) is 34.3 Å². The standard InChI is InChI=1S/C22H27N3O4.ClH/c1-28-19-12-15-8-10-25(14-17(15)13-20(19)29-2)21(26)7-4-9-24-22(27)16-5-3-6-18(23)11-16;/h3,5-6,11-13H,4,7-10,14,23H2,1-2H3,(H,24,27);1H. The molecule has 3 N–H and O–H groups in total. The zero-order chi connectivity index (χ0) is 20.8. The van der Waals surface area contributed by atoms with Crippen LogP contribution in [-0.4, -0.2) is 44.0 Å². The zero-order valence-corrected chi connectivity index (χ0v) is 18.1. The molecule has 2 aromatic carbocycles. The molecule has 162 valence electrons. The first kappa shape index (κ1) is 23.3. The van der Waals surface area contributed by atoms with Crippen LogP contribution in [0, 0.1) is 0 Å². The first-order chi connectivity index (χ1) is 14.0. The van der Waals surface area contributed by atoms with Crippen molar-refractivity contribution >= 4 is 29.9 Å². The third kappa shape index (κ3) is 5.57. The van der Waals surface area contributed by atoms with Gasteiger partial charge in [-0.1, -0.05) is 6.07 Å². The van der Waals surface area contributed by atoms with E-state index in [1.807, 2.05) is 17.0 Å². The molecule has 7 nitrogen and oxygen atoms in total. The van der Waals surface area contributed by atoms with Crippen LogP contribution in [0.25, 0.3) is 0 Å². The van der Waals surface area contributed by atoms with Crippen LogP contribution in [-0.2, 0) is 17.8 Å². The molecule has 2 amide bonds. The molecule has 0 bridgehead atoms. The van der Waals surface area contributed by atoms with Crippen molar-refractivity contribution in [2.24, 2.45) is 0 Å². The number of amides is 2. The number of ether oxygens (including phenoxy) is 2. The number of rotatable bonds is 7. The molecule has 1 heterocycles. The second kappa shape index (κ2) is 10.7. The molecular weight excluding hydrogens is 406 g/mol. The van der Waals surface area contributed by atoms with Gasteiger partial charge in [0, 0.05) is 37.3 Å². The Hall–Kier alpha value is -2.93. The van der Waals surface area contributed by atoms with E-state index in [0.29, 0.717) is 55.2 Å². The van der Waals surface area contributed by atoms with Gasteiger partial charge in [-0.25, -0.2) is 0 Å². The Balaban J connectivity index is 0.00000320. The summed E-state index contributed by atoms with van der Waals surface area (Å²) in [5, 5.41) is 2.83. The Kier molecular flexibility index (Phi) is 8.35. The summed E-state index contributed by atoms with van der Waals surface area (Å²) in [6.45, 7) is 1.68. The highest BCUT2D eigenvalue weighted by atomic mass is 35.5. The Bertz CT molecular complexity index is 904. The van der Waals surface area contributed by atoms with Crippen molar-refractivity contribution in [3.8, 4) is 11.5 Å². The maximum Gasteiger partial charge on any atom is 0.251 e. The van der Waals surface area contributed by atoms with Gasteiger partial charge in [-0.3, -0.25) is 9.59 Å². The van der Waals surface area contributed by atoms with Crippen molar-refractivity contribution in [1.29, 1.82) is 0 Å². The Morgan fingerprint density at radius 2 is 1.80 bits per heavy atom. The van der Waals surface area contributed by atoms with E-state index in [1.54, 1.807) is 38.5 Å². The molecule has 0 aromatic heterocycles. The summed E-state index contributed by atoms with van der Waals surface area (Å²) in [7, 11) is 3.22. The van der Waals surface area contributed by atoms with E-state index in [4.69, 9.17) is 15.2 Å². The number of benzene rings is 2. The van der Waals surface area contributed by atoms with Gasteiger partial charge in [0.1, 0.15) is 0 Å². The lowest BCUT2D eigenvalue weighted by Gasteiger charge is -2.29. The topological polar surface area (TPSA) is 93.9 Å². The third-order valence-electron chi connectivity index (χ3n) is 5.07. The van der Waals surface area contributed by atoms with Crippen LogP contribution in [0.3, 0.4) is 0 Å². The van der Waals surface area contributed by atoms with Crippen molar-refractivity contribution in [3.05, 3.63) is 53.1 Å². The van der Waals surface area contributed by atoms with E-state index in [-0.39, 0.29) is 24.2 Å². The number of anilines is 1. The van der Waals surface area contributed by atoms with Gasteiger partial charge in [0.15, 0.2) is 11.5 Å². The lowest BCUT2D eigenvalue weighted by molar-refractivity contribution is -0.132. The maximum atomic E-state index is 12.6. The van der Waals surface area contributed by atoms with Crippen molar-refractivity contribution in [2.75, 3.05) is 33.0 Å². The predicted molar refractivity (Wildman–Crippen MR) is 118 cm³/mol. The molecule has 30 heavy (non-hydrogen) atoms. The number of hydrogen-bond acceptors (Lipinski definition) is 5. The molecule has 1 aliphatic heterocycles. The fourth-order valence-corrected chi connectivity index (χ4v) is 3.48. The molecule has 0 fully saturated rings. The monoisotopic (exact) mass is 433 g/mol. The van der Waals surface area contributed by atoms with E-state index in [1.165, 1.54) is 5.56 Å². The lowest BCUT2D eigenvalue weighted by atomic mass is 9.98. The van der Waals surface area contributed by atoms with Crippen molar-refractivity contribution in [3.63, 3.8) is 0 Å². The molecular formula is C22H28ClN3O4. The normalized spacial score (nSPS) is 12.4. The van der Waals surface area contributed by atoms with E-state index in [0.717, 1.165) is 12.0 Å². The quantitative estimate of drug-likeness (QED) is 0.517. The van der Waals surface area contributed by atoms with Gasteiger partial charge in [0.05, 0.1) is 14.2 Å². The van der Waals surface area contributed by atoms with Crippen LogP contribution in [0.2, 0.25) is 0 Å². The average molecular weight is 434 g/mol. The maximum absolute atomic E-state index is 12.6. The molecule has 3 rings (SSSR count).